The SMILES string of the molecule is CC(C)(C)C(F)(F)F.Cc1ccc(NC(=O)[C@H](CC2CCN(C)CC2)NC(=O)c2ccc(F)cc2)cc1.[HH].[HH].[HH]. The fourth-order valence-corrected chi connectivity index (χ4v) is 3.57. The van der Waals surface area contributed by atoms with Crippen molar-refractivity contribution in [1.82, 2.24) is 10.2 Å². The van der Waals surface area contributed by atoms with Crippen LogP contribution in [-0.4, -0.2) is 49.1 Å². The summed E-state index contributed by atoms with van der Waals surface area (Å²) < 4.78 is 47.8. The summed E-state index contributed by atoms with van der Waals surface area (Å²) in [6.07, 6.45) is -1.49. The number of alkyl halides is 3. The van der Waals surface area contributed by atoms with E-state index in [0.29, 0.717) is 23.6 Å². The lowest BCUT2D eigenvalue weighted by Crippen LogP contribution is -2.46. The zero-order valence-electron chi connectivity index (χ0n) is 22.1. The van der Waals surface area contributed by atoms with Gasteiger partial charge in [-0.2, -0.15) is 13.2 Å². The van der Waals surface area contributed by atoms with Gasteiger partial charge in [0.05, 0.1) is 5.41 Å². The Morgan fingerprint density at radius 3 is 2.00 bits per heavy atom. The maximum absolute atomic E-state index is 13.2. The summed E-state index contributed by atoms with van der Waals surface area (Å²) >= 11 is 0. The summed E-state index contributed by atoms with van der Waals surface area (Å²) in [6.45, 7) is 7.40. The third-order valence-electron chi connectivity index (χ3n) is 6.30. The number of nitrogens with zero attached hydrogens (tertiary/aromatic N) is 1. The van der Waals surface area contributed by atoms with Crippen LogP contribution in [0.2, 0.25) is 0 Å². The molecule has 0 aromatic heterocycles. The molecule has 1 fully saturated rings. The van der Waals surface area contributed by atoms with Gasteiger partial charge in [-0.05, 0) is 88.6 Å². The lowest BCUT2D eigenvalue weighted by Gasteiger charge is -2.31. The molecule has 5 nitrogen and oxygen atoms in total. The molecule has 0 spiro atoms. The summed E-state index contributed by atoms with van der Waals surface area (Å²) in [7, 11) is 2.09. The zero-order valence-corrected chi connectivity index (χ0v) is 22.1. The van der Waals surface area contributed by atoms with Gasteiger partial charge in [-0.3, -0.25) is 9.59 Å². The summed E-state index contributed by atoms with van der Waals surface area (Å²) in [4.78, 5) is 27.9. The number of hydrogen-bond donors (Lipinski definition) is 2. The van der Waals surface area contributed by atoms with Gasteiger partial charge in [0.25, 0.3) is 5.91 Å². The van der Waals surface area contributed by atoms with Crippen molar-refractivity contribution in [2.75, 3.05) is 25.5 Å². The van der Waals surface area contributed by atoms with Gasteiger partial charge in [0, 0.05) is 15.5 Å². The molecule has 2 aromatic carbocycles. The molecule has 0 bridgehead atoms. The van der Waals surface area contributed by atoms with Crippen molar-refractivity contribution in [1.29, 1.82) is 0 Å². The van der Waals surface area contributed by atoms with Crippen LogP contribution in [0.15, 0.2) is 48.5 Å². The Morgan fingerprint density at radius 2 is 1.51 bits per heavy atom. The van der Waals surface area contributed by atoms with Gasteiger partial charge in [-0.25, -0.2) is 4.39 Å². The molecule has 2 aromatic rings. The van der Waals surface area contributed by atoms with E-state index in [2.05, 4.69) is 22.6 Å². The van der Waals surface area contributed by atoms with Gasteiger partial charge in [0.15, 0.2) is 0 Å². The van der Waals surface area contributed by atoms with Crippen molar-refractivity contribution < 1.29 is 31.4 Å². The number of anilines is 1. The Bertz CT molecular complexity index is 1010. The molecule has 1 aliphatic heterocycles. The largest absolute Gasteiger partial charge is 0.393 e. The molecule has 1 aliphatic rings. The van der Waals surface area contributed by atoms with Gasteiger partial charge < -0.3 is 15.5 Å². The number of hydrogen-bond acceptors (Lipinski definition) is 3. The van der Waals surface area contributed by atoms with Crippen molar-refractivity contribution in [2.24, 2.45) is 11.3 Å². The molecule has 0 unspecified atom stereocenters. The topological polar surface area (TPSA) is 61.4 Å². The first-order valence-electron chi connectivity index (χ1n) is 12.3. The number of rotatable bonds is 6. The number of piperidine rings is 1. The molecule has 0 saturated carbocycles. The minimum atomic E-state index is -4.06. The molecule has 37 heavy (non-hydrogen) atoms. The minimum Gasteiger partial charge on any atom is -0.340 e. The standard InChI is InChI=1S/C23H28FN3O2.C5H9F3.3H2/c1-16-3-9-20(10-4-16)25-23(29)21(15-17-11-13-27(2)14-12-17)26-22(28)18-5-7-19(24)8-6-18;1-4(2,3)5(6,7)8;;;/h3-10,17,21H,11-15H2,1-2H3,(H,25,29)(H,26,28);1-3H3;3*1H/t21-;;;;/m0..../s1. The molecule has 2 amide bonds. The number of amides is 2. The molecule has 1 atom stereocenters. The molecule has 9 heteroatoms. The molecule has 0 radical (unpaired) electrons. The van der Waals surface area contributed by atoms with E-state index >= 15 is 0 Å². The van der Waals surface area contributed by atoms with E-state index in [0.717, 1.165) is 52.3 Å². The summed E-state index contributed by atoms with van der Waals surface area (Å²) in [6, 6.07) is 12.2. The second-order valence-corrected chi connectivity index (χ2v) is 10.6. The van der Waals surface area contributed by atoms with Gasteiger partial charge in [-0.15, -0.1) is 0 Å². The molecule has 1 heterocycles. The maximum atomic E-state index is 13.2. The maximum Gasteiger partial charge on any atom is 0.393 e. The van der Waals surface area contributed by atoms with Crippen molar-refractivity contribution in [3.05, 3.63) is 65.5 Å². The minimum absolute atomic E-state index is 0. The van der Waals surface area contributed by atoms with Gasteiger partial charge in [0.2, 0.25) is 5.91 Å². The Kier molecular flexibility index (Phi) is 10.7. The highest BCUT2D eigenvalue weighted by atomic mass is 19.4. The van der Waals surface area contributed by atoms with Crippen LogP contribution in [0.25, 0.3) is 0 Å². The third kappa shape index (κ3) is 10.1. The lowest BCUT2D eigenvalue weighted by atomic mass is 9.90. The van der Waals surface area contributed by atoms with Crippen molar-refractivity contribution in [3.63, 3.8) is 0 Å². The number of carbonyl (C=O) groups is 2. The van der Waals surface area contributed by atoms with Gasteiger partial charge in [-0.1, -0.05) is 38.5 Å². The van der Waals surface area contributed by atoms with Crippen LogP contribution >= 0.6 is 0 Å². The monoisotopic (exact) mass is 529 g/mol. The highest BCUT2D eigenvalue weighted by Crippen LogP contribution is 2.36. The average Bonchev–Trinajstić information content (AvgIpc) is 2.81. The van der Waals surface area contributed by atoms with E-state index in [1.165, 1.54) is 24.3 Å². The molecular weight excluding hydrogens is 486 g/mol. The van der Waals surface area contributed by atoms with Crippen LogP contribution < -0.4 is 10.6 Å². The van der Waals surface area contributed by atoms with E-state index in [9.17, 15) is 27.2 Å². The second-order valence-electron chi connectivity index (χ2n) is 10.6. The quantitative estimate of drug-likeness (QED) is 0.399. The summed E-state index contributed by atoms with van der Waals surface area (Å²) in [5.74, 6) is -0.639. The predicted octanol–water partition coefficient (Wildman–Crippen LogP) is 6.94. The number of aryl methyl sites for hydroxylation is 1. The number of benzene rings is 2. The third-order valence-corrected chi connectivity index (χ3v) is 6.30. The van der Waals surface area contributed by atoms with E-state index in [1.807, 2.05) is 31.2 Å². The first-order chi connectivity index (χ1) is 17.2. The van der Waals surface area contributed by atoms with Crippen LogP contribution in [0.1, 0.15) is 60.2 Å². The Morgan fingerprint density at radius 1 is 1.00 bits per heavy atom. The zero-order chi connectivity index (χ0) is 27.8. The van der Waals surface area contributed by atoms with Crippen LogP contribution in [0.3, 0.4) is 0 Å². The molecule has 1 saturated heterocycles. The highest BCUT2D eigenvalue weighted by Gasteiger charge is 2.42. The fraction of sp³-hybridized carbons (Fsp3) is 0.500. The summed E-state index contributed by atoms with van der Waals surface area (Å²) in [5, 5.41) is 5.77. The Labute approximate surface area is 221 Å². The highest BCUT2D eigenvalue weighted by molar-refractivity contribution is 6.01. The number of likely N-dealkylation sites (tertiary alicyclic amines) is 1. The van der Waals surface area contributed by atoms with Crippen molar-refractivity contribution in [3.8, 4) is 0 Å². The molecule has 2 N–H and O–H groups in total. The number of carbonyl (C=O) groups excluding carboxylic acids is 2. The molecule has 3 rings (SSSR count). The van der Waals surface area contributed by atoms with Crippen LogP contribution in [-0.2, 0) is 4.79 Å². The van der Waals surface area contributed by atoms with Gasteiger partial charge in [0.1, 0.15) is 11.9 Å². The molecule has 210 valence electrons. The van der Waals surface area contributed by atoms with E-state index in [-0.39, 0.29) is 16.1 Å². The Hall–Kier alpha value is -2.94. The van der Waals surface area contributed by atoms with Gasteiger partial charge >= 0.3 is 6.18 Å². The van der Waals surface area contributed by atoms with Crippen molar-refractivity contribution in [2.45, 2.75) is 59.2 Å². The van der Waals surface area contributed by atoms with E-state index in [4.69, 9.17) is 0 Å². The second kappa shape index (κ2) is 13.0. The lowest BCUT2D eigenvalue weighted by molar-refractivity contribution is -0.204. The van der Waals surface area contributed by atoms with Crippen LogP contribution in [0.5, 0.6) is 0 Å². The average molecular weight is 530 g/mol. The smallest absolute Gasteiger partial charge is 0.340 e. The first kappa shape index (κ1) is 30.3. The molecular formula is C28H43F4N3O2. The fourth-order valence-electron chi connectivity index (χ4n) is 3.57. The van der Waals surface area contributed by atoms with E-state index in [1.54, 1.807) is 0 Å². The number of nitrogens with one attached hydrogen (secondary N) is 2. The Balaban J connectivity index is 0. The normalized spacial score (nSPS) is 15.8. The predicted molar refractivity (Wildman–Crippen MR) is 144 cm³/mol. The molecule has 0 aliphatic carbocycles. The van der Waals surface area contributed by atoms with Crippen molar-refractivity contribution >= 4 is 17.5 Å². The van der Waals surface area contributed by atoms with E-state index < -0.39 is 23.5 Å². The first-order valence-corrected chi connectivity index (χ1v) is 12.3. The summed E-state index contributed by atoms with van der Waals surface area (Å²) in [5.41, 5.74) is 0.580. The van der Waals surface area contributed by atoms with Crippen LogP contribution in [0, 0.1) is 24.1 Å². The number of halogens is 4. The van der Waals surface area contributed by atoms with Crippen LogP contribution in [0.4, 0.5) is 23.2 Å².